The minimum atomic E-state index is 0.373. The van der Waals surface area contributed by atoms with Crippen LogP contribution in [-0.4, -0.2) is 17.3 Å². The summed E-state index contributed by atoms with van der Waals surface area (Å²) in [4.78, 5) is 12.2. The highest BCUT2D eigenvalue weighted by Gasteiger charge is 2.25. The minimum Gasteiger partial charge on any atom is -0.480 e. The third kappa shape index (κ3) is 1.72. The summed E-state index contributed by atoms with van der Waals surface area (Å²) in [5.74, 6) is 1.44. The summed E-state index contributed by atoms with van der Waals surface area (Å²) in [5.41, 5.74) is 0. The third-order valence-electron chi connectivity index (χ3n) is 2.36. The number of nitrogens with zero attached hydrogens (tertiary/aromatic N) is 1. The average molecular weight is 197 g/mol. The highest BCUT2D eigenvalue weighted by Crippen LogP contribution is 2.35. The van der Waals surface area contributed by atoms with Crippen molar-refractivity contribution in [3.05, 3.63) is 10.9 Å². The molecule has 1 fully saturated rings. The number of ketones is 1. The number of ether oxygens (including phenoxy) is 1. The van der Waals surface area contributed by atoms with Gasteiger partial charge in [0.25, 0.3) is 0 Å². The molecular weight excluding hydrogens is 186 g/mol. The van der Waals surface area contributed by atoms with Crippen molar-refractivity contribution in [2.75, 3.05) is 7.11 Å². The maximum Gasteiger partial charge on any atom is 0.225 e. The Morgan fingerprint density at radius 1 is 1.69 bits per heavy atom. The molecule has 0 aliphatic heterocycles. The van der Waals surface area contributed by atoms with Crippen molar-refractivity contribution in [1.82, 2.24) is 4.37 Å². The van der Waals surface area contributed by atoms with Crippen molar-refractivity contribution >= 4 is 17.3 Å². The van der Waals surface area contributed by atoms with Gasteiger partial charge in [-0.15, -0.1) is 0 Å². The topological polar surface area (TPSA) is 39.2 Å². The van der Waals surface area contributed by atoms with Crippen LogP contribution in [0.4, 0.5) is 0 Å². The molecule has 1 aliphatic carbocycles. The normalized spacial score (nSPS) is 22.2. The number of carbonyl (C=O) groups excluding carboxylic acids is 1. The fraction of sp³-hybridized carbons (Fsp3) is 0.556. The van der Waals surface area contributed by atoms with Gasteiger partial charge in [0.1, 0.15) is 5.78 Å². The van der Waals surface area contributed by atoms with Crippen LogP contribution in [-0.2, 0) is 4.79 Å². The molecular formula is C9H11NO2S. The molecule has 70 valence electrons. The summed E-state index contributed by atoms with van der Waals surface area (Å²) >= 11 is 1.45. The van der Waals surface area contributed by atoms with Crippen molar-refractivity contribution < 1.29 is 9.53 Å². The van der Waals surface area contributed by atoms with E-state index in [4.69, 9.17) is 4.74 Å². The highest BCUT2D eigenvalue weighted by atomic mass is 32.1. The van der Waals surface area contributed by atoms with Crippen LogP contribution in [0.1, 0.15) is 30.1 Å². The van der Waals surface area contributed by atoms with Gasteiger partial charge < -0.3 is 4.74 Å². The summed E-state index contributed by atoms with van der Waals surface area (Å²) in [5, 5.41) is 0. The van der Waals surface area contributed by atoms with Crippen LogP contribution in [0, 0.1) is 0 Å². The molecule has 13 heavy (non-hydrogen) atoms. The van der Waals surface area contributed by atoms with E-state index >= 15 is 0 Å². The van der Waals surface area contributed by atoms with Gasteiger partial charge in [-0.2, -0.15) is 4.37 Å². The summed E-state index contributed by atoms with van der Waals surface area (Å²) in [6.45, 7) is 0. The molecule has 0 bridgehead atoms. The van der Waals surface area contributed by atoms with Gasteiger partial charge in [-0.1, -0.05) is 0 Å². The Kier molecular flexibility index (Phi) is 2.31. The molecule has 1 atom stereocenters. The Bertz CT molecular complexity index is 321. The van der Waals surface area contributed by atoms with Gasteiger partial charge >= 0.3 is 0 Å². The Labute approximate surface area is 80.9 Å². The molecule has 0 aromatic carbocycles. The molecule has 0 spiro atoms. The van der Waals surface area contributed by atoms with Gasteiger partial charge in [-0.05, 0) is 18.0 Å². The lowest BCUT2D eigenvalue weighted by Gasteiger charge is -2.01. The van der Waals surface area contributed by atoms with Crippen molar-refractivity contribution in [3.63, 3.8) is 0 Å². The van der Waals surface area contributed by atoms with Gasteiger partial charge in [-0.3, -0.25) is 4.79 Å². The fourth-order valence-corrected chi connectivity index (χ4v) is 2.44. The number of Topliss-reactive ketones (excluding diaryl/α,β-unsaturated/α-hetero) is 1. The van der Waals surface area contributed by atoms with Crippen molar-refractivity contribution in [1.29, 1.82) is 0 Å². The number of methoxy groups -OCH3 is 1. The summed E-state index contributed by atoms with van der Waals surface area (Å²) in [6, 6.07) is 1.94. The molecule has 0 saturated heterocycles. The van der Waals surface area contributed by atoms with E-state index in [1.54, 1.807) is 7.11 Å². The molecule has 1 aliphatic rings. The van der Waals surface area contributed by atoms with E-state index in [1.807, 2.05) is 6.07 Å². The molecule has 1 aromatic rings. The van der Waals surface area contributed by atoms with Crippen LogP contribution in [0.15, 0.2) is 6.07 Å². The quantitative estimate of drug-likeness (QED) is 0.727. The summed E-state index contributed by atoms with van der Waals surface area (Å²) < 4.78 is 9.11. The first-order chi connectivity index (χ1) is 6.29. The Morgan fingerprint density at radius 3 is 3.08 bits per heavy atom. The first-order valence-corrected chi connectivity index (χ1v) is 5.09. The first-order valence-electron chi connectivity index (χ1n) is 4.32. The molecule has 1 aromatic heterocycles. The van der Waals surface area contributed by atoms with Gasteiger partial charge in [0.2, 0.25) is 5.88 Å². The van der Waals surface area contributed by atoms with Crippen LogP contribution < -0.4 is 4.74 Å². The molecule has 4 heteroatoms. The number of rotatable bonds is 2. The minimum absolute atomic E-state index is 0.373. The second kappa shape index (κ2) is 3.46. The maximum atomic E-state index is 11.1. The second-order valence-corrected chi connectivity index (χ2v) is 4.09. The monoisotopic (exact) mass is 197 g/mol. The zero-order valence-corrected chi connectivity index (χ0v) is 8.26. The molecule has 0 amide bonds. The SMILES string of the molecule is COc1cc(C2CCC(=O)C2)sn1. The Hall–Kier alpha value is -0.900. The Balaban J connectivity index is 2.12. The summed E-state index contributed by atoms with van der Waals surface area (Å²) in [7, 11) is 1.61. The van der Waals surface area contributed by atoms with Gasteiger partial charge in [0.05, 0.1) is 7.11 Å². The van der Waals surface area contributed by atoms with Crippen LogP contribution in [0.25, 0.3) is 0 Å². The first kappa shape index (κ1) is 8.69. The van der Waals surface area contributed by atoms with Gasteiger partial charge in [0, 0.05) is 29.7 Å². The average Bonchev–Trinajstić information content (AvgIpc) is 2.71. The predicted octanol–water partition coefficient (Wildman–Crippen LogP) is 1.99. The van der Waals surface area contributed by atoms with Gasteiger partial charge in [-0.25, -0.2) is 0 Å². The zero-order valence-electron chi connectivity index (χ0n) is 7.45. The molecule has 1 unspecified atom stereocenters. The van der Waals surface area contributed by atoms with Crippen LogP contribution in [0.5, 0.6) is 5.88 Å². The van der Waals surface area contributed by atoms with E-state index < -0.39 is 0 Å². The van der Waals surface area contributed by atoms with Crippen molar-refractivity contribution in [3.8, 4) is 5.88 Å². The lowest BCUT2D eigenvalue weighted by molar-refractivity contribution is -0.117. The lowest BCUT2D eigenvalue weighted by Crippen LogP contribution is -1.90. The maximum absolute atomic E-state index is 11.1. The fourth-order valence-electron chi connectivity index (χ4n) is 1.62. The Morgan fingerprint density at radius 2 is 2.54 bits per heavy atom. The van der Waals surface area contributed by atoms with Gasteiger partial charge in [0.15, 0.2) is 0 Å². The van der Waals surface area contributed by atoms with E-state index in [2.05, 4.69) is 4.37 Å². The van der Waals surface area contributed by atoms with E-state index in [1.165, 1.54) is 16.4 Å². The molecule has 1 heterocycles. The van der Waals surface area contributed by atoms with E-state index in [0.717, 1.165) is 12.8 Å². The second-order valence-electron chi connectivity index (χ2n) is 3.25. The predicted molar refractivity (Wildman–Crippen MR) is 50.3 cm³/mol. The van der Waals surface area contributed by atoms with Crippen LogP contribution in [0.2, 0.25) is 0 Å². The van der Waals surface area contributed by atoms with Crippen molar-refractivity contribution in [2.24, 2.45) is 0 Å². The molecule has 0 radical (unpaired) electrons. The number of carbonyl (C=O) groups is 1. The summed E-state index contributed by atoms with van der Waals surface area (Å²) in [6.07, 6.45) is 2.39. The van der Waals surface area contributed by atoms with E-state index in [0.29, 0.717) is 24.0 Å². The van der Waals surface area contributed by atoms with Crippen LogP contribution in [0.3, 0.4) is 0 Å². The molecule has 2 rings (SSSR count). The lowest BCUT2D eigenvalue weighted by atomic mass is 10.1. The number of hydrogen-bond donors (Lipinski definition) is 0. The number of hydrogen-bond acceptors (Lipinski definition) is 4. The smallest absolute Gasteiger partial charge is 0.225 e. The standard InChI is InChI=1S/C9H11NO2S/c1-12-9-5-8(13-10-9)6-2-3-7(11)4-6/h5-6H,2-4H2,1H3. The van der Waals surface area contributed by atoms with Crippen molar-refractivity contribution in [2.45, 2.75) is 25.2 Å². The molecule has 1 saturated carbocycles. The van der Waals surface area contributed by atoms with E-state index in [9.17, 15) is 4.79 Å². The zero-order chi connectivity index (χ0) is 9.26. The largest absolute Gasteiger partial charge is 0.480 e. The third-order valence-corrected chi connectivity index (χ3v) is 3.30. The van der Waals surface area contributed by atoms with E-state index in [-0.39, 0.29) is 0 Å². The number of aromatic nitrogens is 1. The van der Waals surface area contributed by atoms with Crippen LogP contribution >= 0.6 is 11.5 Å². The highest BCUT2D eigenvalue weighted by molar-refractivity contribution is 7.06. The molecule has 0 N–H and O–H groups in total. The molecule has 3 nitrogen and oxygen atoms in total.